The molecule has 4 nitrogen and oxygen atoms in total. The van der Waals surface area contributed by atoms with E-state index in [1.807, 2.05) is 19.9 Å². The first-order chi connectivity index (χ1) is 10.5. The zero-order chi connectivity index (χ0) is 16.5. The summed E-state index contributed by atoms with van der Waals surface area (Å²) in [6.07, 6.45) is 4.03. The van der Waals surface area contributed by atoms with Crippen LogP contribution in [0.4, 0.5) is 0 Å². The van der Waals surface area contributed by atoms with E-state index in [-0.39, 0.29) is 17.5 Å². The minimum absolute atomic E-state index is 0.0330. The number of nitrogens with one attached hydrogen (secondary N) is 1. The van der Waals surface area contributed by atoms with Gasteiger partial charge < -0.3 is 10.1 Å². The SMILES string of the molecule is C=CCOc1ccc(/C=C(\C#N)C(=O)N[C@H](C)CC)cc1Br. The van der Waals surface area contributed by atoms with Crippen LogP contribution in [0.5, 0.6) is 5.75 Å². The highest BCUT2D eigenvalue weighted by Crippen LogP contribution is 2.27. The number of rotatable bonds is 7. The molecule has 1 amide bonds. The molecule has 0 saturated carbocycles. The molecule has 5 heteroatoms. The largest absolute Gasteiger partial charge is 0.488 e. The highest BCUT2D eigenvalue weighted by molar-refractivity contribution is 9.10. The van der Waals surface area contributed by atoms with E-state index in [1.165, 1.54) is 0 Å². The minimum atomic E-state index is -0.361. The number of carbonyl (C=O) groups is 1. The van der Waals surface area contributed by atoms with Crippen molar-refractivity contribution in [1.29, 1.82) is 5.26 Å². The average molecular weight is 363 g/mol. The normalized spacial score (nSPS) is 12.2. The van der Waals surface area contributed by atoms with E-state index in [9.17, 15) is 4.79 Å². The Morgan fingerprint density at radius 1 is 1.59 bits per heavy atom. The highest BCUT2D eigenvalue weighted by Gasteiger charge is 2.11. The number of hydrogen-bond acceptors (Lipinski definition) is 3. The van der Waals surface area contributed by atoms with Crippen molar-refractivity contribution in [3.05, 3.63) is 46.5 Å². The van der Waals surface area contributed by atoms with Crippen LogP contribution in [-0.4, -0.2) is 18.6 Å². The van der Waals surface area contributed by atoms with Gasteiger partial charge in [-0.15, -0.1) is 0 Å². The van der Waals surface area contributed by atoms with Gasteiger partial charge in [0.15, 0.2) is 0 Å². The average Bonchev–Trinajstić information content (AvgIpc) is 2.51. The fourth-order valence-corrected chi connectivity index (χ4v) is 2.10. The zero-order valence-corrected chi connectivity index (χ0v) is 14.3. The molecule has 1 atom stereocenters. The Balaban J connectivity index is 2.94. The first-order valence-corrected chi connectivity index (χ1v) is 7.77. The highest BCUT2D eigenvalue weighted by atomic mass is 79.9. The molecule has 116 valence electrons. The smallest absolute Gasteiger partial charge is 0.262 e. The lowest BCUT2D eigenvalue weighted by Gasteiger charge is -2.10. The van der Waals surface area contributed by atoms with E-state index in [0.29, 0.717) is 12.4 Å². The van der Waals surface area contributed by atoms with Crippen molar-refractivity contribution in [2.75, 3.05) is 6.61 Å². The topological polar surface area (TPSA) is 62.1 Å². The van der Waals surface area contributed by atoms with Gasteiger partial charge in [-0.25, -0.2) is 0 Å². The van der Waals surface area contributed by atoms with E-state index in [4.69, 9.17) is 10.00 Å². The molecule has 0 radical (unpaired) electrons. The van der Waals surface area contributed by atoms with E-state index in [2.05, 4.69) is 27.8 Å². The molecule has 0 aromatic heterocycles. The standard InChI is InChI=1S/C17H19BrN2O2/c1-4-8-22-16-7-6-13(10-15(16)18)9-14(11-19)17(21)20-12(3)5-2/h4,6-7,9-10,12H,1,5,8H2,2-3H3,(H,20,21)/b14-9+/t12-/m1/s1. The maximum atomic E-state index is 12.0. The molecule has 1 aromatic rings. The summed E-state index contributed by atoms with van der Waals surface area (Å²) in [6.45, 7) is 7.87. The third-order valence-electron chi connectivity index (χ3n) is 2.98. The second kappa shape index (κ2) is 9.06. The number of carbonyl (C=O) groups excluding carboxylic acids is 1. The molecule has 22 heavy (non-hydrogen) atoms. The molecular formula is C17H19BrN2O2. The van der Waals surface area contributed by atoms with Crippen LogP contribution in [-0.2, 0) is 4.79 Å². The van der Waals surface area contributed by atoms with Crippen LogP contribution < -0.4 is 10.1 Å². The molecule has 0 unspecified atom stereocenters. The summed E-state index contributed by atoms with van der Waals surface area (Å²) in [7, 11) is 0. The Morgan fingerprint density at radius 3 is 2.86 bits per heavy atom. The minimum Gasteiger partial charge on any atom is -0.488 e. The van der Waals surface area contributed by atoms with Crippen LogP contribution in [0, 0.1) is 11.3 Å². The van der Waals surface area contributed by atoms with Gasteiger partial charge in [-0.05, 0) is 53.0 Å². The van der Waals surface area contributed by atoms with Crippen molar-refractivity contribution in [2.45, 2.75) is 26.3 Å². The van der Waals surface area contributed by atoms with Crippen LogP contribution in [0.2, 0.25) is 0 Å². The van der Waals surface area contributed by atoms with E-state index in [1.54, 1.807) is 30.4 Å². The Hall–Kier alpha value is -2.06. The maximum absolute atomic E-state index is 12.0. The third-order valence-corrected chi connectivity index (χ3v) is 3.60. The van der Waals surface area contributed by atoms with Gasteiger partial charge in [0.1, 0.15) is 24.0 Å². The number of nitriles is 1. The molecule has 0 aliphatic carbocycles. The third kappa shape index (κ3) is 5.38. The summed E-state index contributed by atoms with van der Waals surface area (Å²) < 4.78 is 6.21. The summed E-state index contributed by atoms with van der Waals surface area (Å²) >= 11 is 3.41. The van der Waals surface area contributed by atoms with Crippen LogP contribution >= 0.6 is 15.9 Å². The Bertz CT molecular complexity index is 618. The van der Waals surface area contributed by atoms with Gasteiger partial charge >= 0.3 is 0 Å². The molecule has 1 aromatic carbocycles. The van der Waals surface area contributed by atoms with E-state index in [0.717, 1.165) is 16.5 Å². The number of hydrogen-bond donors (Lipinski definition) is 1. The molecule has 1 N–H and O–H groups in total. The lowest BCUT2D eigenvalue weighted by molar-refractivity contribution is -0.117. The number of halogens is 1. The van der Waals surface area contributed by atoms with Gasteiger partial charge in [0.2, 0.25) is 0 Å². The van der Waals surface area contributed by atoms with Gasteiger partial charge in [0.25, 0.3) is 5.91 Å². The summed E-state index contributed by atoms with van der Waals surface area (Å²) in [5.41, 5.74) is 0.820. The maximum Gasteiger partial charge on any atom is 0.262 e. The number of ether oxygens (including phenoxy) is 1. The van der Waals surface area contributed by atoms with Gasteiger partial charge in [0, 0.05) is 6.04 Å². The molecule has 0 aliphatic heterocycles. The van der Waals surface area contributed by atoms with Crippen LogP contribution in [0.3, 0.4) is 0 Å². The molecular weight excluding hydrogens is 344 g/mol. The van der Waals surface area contributed by atoms with Gasteiger partial charge in [-0.1, -0.05) is 25.6 Å². The van der Waals surface area contributed by atoms with Crippen molar-refractivity contribution in [3.63, 3.8) is 0 Å². The second-order valence-corrected chi connectivity index (χ2v) is 5.60. The molecule has 0 bridgehead atoms. The van der Waals surface area contributed by atoms with Crippen LogP contribution in [0.1, 0.15) is 25.8 Å². The summed E-state index contributed by atoms with van der Waals surface area (Å²) in [6, 6.07) is 7.34. The van der Waals surface area contributed by atoms with Crippen molar-refractivity contribution < 1.29 is 9.53 Å². The molecule has 0 heterocycles. The molecule has 0 fully saturated rings. The van der Waals surface area contributed by atoms with Gasteiger partial charge in [0.05, 0.1) is 4.47 Å². The lowest BCUT2D eigenvalue weighted by atomic mass is 10.1. The molecule has 1 rings (SSSR count). The predicted octanol–water partition coefficient (Wildman–Crippen LogP) is 3.84. The zero-order valence-electron chi connectivity index (χ0n) is 12.7. The van der Waals surface area contributed by atoms with Crippen LogP contribution in [0.25, 0.3) is 6.08 Å². The first-order valence-electron chi connectivity index (χ1n) is 6.97. The number of nitrogens with zero attached hydrogens (tertiary/aromatic N) is 1. The first kappa shape index (κ1) is 18.0. The molecule has 0 spiro atoms. The van der Waals surface area contributed by atoms with Crippen molar-refractivity contribution in [2.24, 2.45) is 0 Å². The summed E-state index contributed by atoms with van der Waals surface area (Å²) in [5, 5.41) is 11.9. The molecule has 0 aliphatic rings. The molecule has 0 saturated heterocycles. The summed E-state index contributed by atoms with van der Waals surface area (Å²) in [5.74, 6) is 0.319. The fourth-order valence-electron chi connectivity index (χ4n) is 1.59. The van der Waals surface area contributed by atoms with E-state index >= 15 is 0 Å². The van der Waals surface area contributed by atoms with Crippen molar-refractivity contribution in [1.82, 2.24) is 5.32 Å². The Morgan fingerprint density at radius 2 is 2.32 bits per heavy atom. The van der Waals surface area contributed by atoms with Crippen molar-refractivity contribution >= 4 is 27.9 Å². The lowest BCUT2D eigenvalue weighted by Crippen LogP contribution is -2.32. The quantitative estimate of drug-likeness (QED) is 0.455. The Kier molecular flexibility index (Phi) is 7.41. The summed E-state index contributed by atoms with van der Waals surface area (Å²) in [4.78, 5) is 12.0. The Labute approximate surface area is 139 Å². The number of amides is 1. The number of benzene rings is 1. The predicted molar refractivity (Wildman–Crippen MR) is 91.3 cm³/mol. The van der Waals surface area contributed by atoms with Gasteiger partial charge in [-0.3, -0.25) is 4.79 Å². The van der Waals surface area contributed by atoms with Crippen molar-refractivity contribution in [3.8, 4) is 11.8 Å². The van der Waals surface area contributed by atoms with E-state index < -0.39 is 0 Å². The van der Waals surface area contributed by atoms with Crippen LogP contribution in [0.15, 0.2) is 40.9 Å². The second-order valence-electron chi connectivity index (χ2n) is 4.74. The van der Waals surface area contributed by atoms with Gasteiger partial charge in [-0.2, -0.15) is 5.26 Å². The fraction of sp³-hybridized carbons (Fsp3) is 0.294. The monoisotopic (exact) mass is 362 g/mol.